The Morgan fingerprint density at radius 2 is 1.87 bits per heavy atom. The number of hydrogen-bond donors (Lipinski definition) is 2. The number of nitrogens with one attached hydrogen (secondary N) is 1. The van der Waals surface area contributed by atoms with Crippen molar-refractivity contribution in [1.29, 1.82) is 5.41 Å². The quantitative estimate of drug-likeness (QED) is 0.470. The fourth-order valence-corrected chi connectivity index (χ4v) is 5.50. The zero-order valence-corrected chi connectivity index (χ0v) is 21.5. The molecule has 0 unspecified atom stereocenters. The normalized spacial score (nSPS) is 17.2. The maximum atomic E-state index is 13.6. The number of allylic oxidation sites excluding steroid dienone is 1. The van der Waals surface area contributed by atoms with Crippen LogP contribution in [0.4, 0.5) is 5.69 Å². The van der Waals surface area contributed by atoms with Gasteiger partial charge in [-0.25, -0.2) is 4.98 Å². The number of likely N-dealkylation sites (tertiary alicyclic amines) is 1. The predicted octanol–water partition coefficient (Wildman–Crippen LogP) is 3.55. The van der Waals surface area contributed by atoms with Gasteiger partial charge in [0.15, 0.2) is 0 Å². The molecule has 9 heteroatoms. The highest BCUT2D eigenvalue weighted by Gasteiger charge is 2.49. The molecule has 0 bridgehead atoms. The molecular formula is C29H32N6O3. The second-order valence-electron chi connectivity index (χ2n) is 9.86. The number of benzene rings is 2. The van der Waals surface area contributed by atoms with E-state index in [0.717, 1.165) is 17.7 Å². The van der Waals surface area contributed by atoms with Crippen LogP contribution in [0, 0.1) is 10.8 Å². The number of aromatic nitrogens is 2. The molecule has 2 amide bonds. The molecule has 0 atom stereocenters. The van der Waals surface area contributed by atoms with Crippen LogP contribution in [0.15, 0.2) is 67.4 Å². The molecule has 5 rings (SSSR count). The lowest BCUT2D eigenvalue weighted by Gasteiger charge is -2.38. The number of piperidine rings is 1. The fourth-order valence-electron chi connectivity index (χ4n) is 5.50. The Hall–Kier alpha value is -4.40. The topological polar surface area (TPSA) is 118 Å². The van der Waals surface area contributed by atoms with Crippen LogP contribution in [0.3, 0.4) is 0 Å². The summed E-state index contributed by atoms with van der Waals surface area (Å²) in [6, 6.07) is 13.2. The van der Waals surface area contributed by atoms with E-state index in [9.17, 15) is 9.59 Å². The molecule has 1 aromatic heterocycles. The number of carbonyl (C=O) groups excluding carboxylic acids is 2. The van der Waals surface area contributed by atoms with E-state index in [4.69, 9.17) is 15.9 Å². The number of methoxy groups -OCH3 is 1. The molecule has 3 heterocycles. The molecule has 3 N–H and O–H groups in total. The predicted molar refractivity (Wildman–Crippen MR) is 146 cm³/mol. The maximum absolute atomic E-state index is 13.6. The molecule has 2 fully saturated rings. The van der Waals surface area contributed by atoms with Gasteiger partial charge in [-0.2, -0.15) is 0 Å². The zero-order valence-electron chi connectivity index (χ0n) is 21.5. The third kappa shape index (κ3) is 4.67. The van der Waals surface area contributed by atoms with Crippen LogP contribution in [0.5, 0.6) is 5.75 Å². The van der Waals surface area contributed by atoms with Crippen LogP contribution < -0.4 is 15.4 Å². The minimum absolute atomic E-state index is 0.00613. The van der Waals surface area contributed by atoms with Gasteiger partial charge < -0.3 is 30.2 Å². The van der Waals surface area contributed by atoms with Gasteiger partial charge in [0.1, 0.15) is 5.75 Å². The number of nitrogens with two attached hydrogens (primary N) is 1. The van der Waals surface area contributed by atoms with Crippen LogP contribution in [-0.4, -0.2) is 59.2 Å². The van der Waals surface area contributed by atoms with E-state index >= 15 is 0 Å². The van der Waals surface area contributed by atoms with Crippen LogP contribution in [0.25, 0.3) is 5.57 Å². The average molecular weight is 513 g/mol. The smallest absolute Gasteiger partial charge is 0.253 e. The van der Waals surface area contributed by atoms with Crippen LogP contribution in [-0.2, 0) is 11.3 Å². The summed E-state index contributed by atoms with van der Waals surface area (Å²) in [5.41, 5.74) is 8.99. The molecule has 2 aromatic carbocycles. The highest BCUT2D eigenvalue weighted by atomic mass is 16.5. The second kappa shape index (κ2) is 10.5. The third-order valence-electron chi connectivity index (χ3n) is 7.79. The lowest BCUT2D eigenvalue weighted by Crippen LogP contribution is -2.46. The first kappa shape index (κ1) is 25.3. The van der Waals surface area contributed by atoms with Gasteiger partial charge in [-0.3, -0.25) is 9.59 Å². The second-order valence-corrected chi connectivity index (χ2v) is 9.86. The Morgan fingerprint density at radius 1 is 1.13 bits per heavy atom. The first-order valence-electron chi connectivity index (χ1n) is 12.7. The van der Waals surface area contributed by atoms with Crippen molar-refractivity contribution in [1.82, 2.24) is 14.5 Å². The first-order chi connectivity index (χ1) is 18.5. The van der Waals surface area contributed by atoms with Crippen LogP contribution in [0.2, 0.25) is 0 Å². The summed E-state index contributed by atoms with van der Waals surface area (Å²) >= 11 is 0. The lowest BCUT2D eigenvalue weighted by molar-refractivity contribution is -0.127. The number of hydrogen-bond acceptors (Lipinski definition) is 6. The Morgan fingerprint density at radius 3 is 2.50 bits per heavy atom. The SMILES string of the molecule is COc1cc(N2CCC3(CCN(C(=O)c4ccc(Cn5ccnc5)cc4)CC3)C2=O)ccc1/C(C=N)=C/N. The van der Waals surface area contributed by atoms with E-state index in [1.807, 2.05) is 63.0 Å². The van der Waals surface area contributed by atoms with E-state index in [-0.39, 0.29) is 11.8 Å². The average Bonchev–Trinajstić information content (AvgIpc) is 3.58. The molecule has 2 saturated heterocycles. The van der Waals surface area contributed by atoms with Crippen molar-refractivity contribution in [3.05, 3.63) is 84.1 Å². The molecule has 196 valence electrons. The summed E-state index contributed by atoms with van der Waals surface area (Å²) in [4.78, 5) is 34.6. The van der Waals surface area contributed by atoms with Crippen molar-refractivity contribution < 1.29 is 14.3 Å². The fraction of sp³-hybridized carbons (Fsp3) is 0.310. The summed E-state index contributed by atoms with van der Waals surface area (Å²) in [7, 11) is 1.56. The Labute approximate surface area is 222 Å². The van der Waals surface area contributed by atoms with Gasteiger partial charge in [0.25, 0.3) is 5.91 Å². The number of carbonyl (C=O) groups is 2. The van der Waals surface area contributed by atoms with Crippen LogP contribution in [0.1, 0.15) is 40.7 Å². The van der Waals surface area contributed by atoms with Gasteiger partial charge in [-0.05, 0) is 49.1 Å². The van der Waals surface area contributed by atoms with Crippen molar-refractivity contribution in [2.24, 2.45) is 11.1 Å². The molecule has 38 heavy (non-hydrogen) atoms. The molecule has 9 nitrogen and oxygen atoms in total. The Bertz CT molecular complexity index is 1360. The number of rotatable bonds is 7. The van der Waals surface area contributed by atoms with E-state index in [1.54, 1.807) is 19.6 Å². The Kier molecular flexibility index (Phi) is 7.00. The van der Waals surface area contributed by atoms with E-state index in [1.165, 1.54) is 12.4 Å². The summed E-state index contributed by atoms with van der Waals surface area (Å²) < 4.78 is 7.52. The number of ether oxygens (including phenoxy) is 1. The molecule has 2 aliphatic heterocycles. The number of anilines is 1. The molecule has 3 aromatic rings. The Balaban J connectivity index is 1.23. The van der Waals surface area contributed by atoms with Crippen molar-refractivity contribution >= 4 is 29.3 Å². The molecular weight excluding hydrogens is 480 g/mol. The number of imidazole rings is 1. The monoisotopic (exact) mass is 512 g/mol. The molecule has 0 saturated carbocycles. The van der Waals surface area contributed by atoms with Gasteiger partial charge in [0, 0.05) is 79.4 Å². The van der Waals surface area contributed by atoms with E-state index < -0.39 is 5.41 Å². The minimum atomic E-state index is -0.450. The van der Waals surface area contributed by atoms with E-state index in [2.05, 4.69) is 4.98 Å². The van der Waals surface area contributed by atoms with E-state index in [0.29, 0.717) is 61.5 Å². The van der Waals surface area contributed by atoms with Gasteiger partial charge >= 0.3 is 0 Å². The van der Waals surface area contributed by atoms with Crippen molar-refractivity contribution in [2.75, 3.05) is 31.6 Å². The molecule has 0 radical (unpaired) electrons. The van der Waals surface area contributed by atoms with Crippen LogP contribution >= 0.6 is 0 Å². The lowest BCUT2D eigenvalue weighted by atomic mass is 9.77. The maximum Gasteiger partial charge on any atom is 0.253 e. The summed E-state index contributed by atoms with van der Waals surface area (Å²) in [5, 5.41) is 7.57. The van der Waals surface area contributed by atoms with Gasteiger partial charge in [-0.1, -0.05) is 12.1 Å². The van der Waals surface area contributed by atoms with Crippen molar-refractivity contribution in [3.8, 4) is 5.75 Å². The van der Waals surface area contributed by atoms with Crippen molar-refractivity contribution in [3.63, 3.8) is 0 Å². The highest BCUT2D eigenvalue weighted by Crippen LogP contribution is 2.44. The largest absolute Gasteiger partial charge is 0.496 e. The number of nitrogens with zero attached hydrogens (tertiary/aromatic N) is 4. The van der Waals surface area contributed by atoms with Gasteiger partial charge in [0.2, 0.25) is 5.91 Å². The summed E-state index contributed by atoms with van der Waals surface area (Å²) in [5.74, 6) is 0.671. The minimum Gasteiger partial charge on any atom is -0.496 e. The zero-order chi connectivity index (χ0) is 26.7. The molecule has 1 spiro atoms. The van der Waals surface area contributed by atoms with Gasteiger partial charge in [-0.15, -0.1) is 0 Å². The molecule has 2 aliphatic rings. The van der Waals surface area contributed by atoms with Gasteiger partial charge in [0.05, 0.1) is 18.9 Å². The summed E-state index contributed by atoms with van der Waals surface area (Å²) in [6.45, 7) is 2.45. The highest BCUT2D eigenvalue weighted by molar-refractivity contribution is 6.09. The van der Waals surface area contributed by atoms with Crippen molar-refractivity contribution in [2.45, 2.75) is 25.8 Å². The summed E-state index contributed by atoms with van der Waals surface area (Å²) in [6.07, 6.45) is 10.0. The molecule has 0 aliphatic carbocycles. The standard InChI is InChI=1S/C29H32N6O3/c1-38-26-16-24(6-7-25(26)23(17-30)18-31)35-14-10-29(28(35)37)8-12-34(13-9-29)27(36)22-4-2-21(3-5-22)19-33-15-11-32-20-33/h2-7,11,15-18,20,30H,8-10,12-14,19,31H2,1H3/b23-18+,30-17?. The number of amides is 2. The third-order valence-corrected chi connectivity index (χ3v) is 7.79. The first-order valence-corrected chi connectivity index (χ1v) is 12.7.